The van der Waals surface area contributed by atoms with Crippen LogP contribution in [-0.4, -0.2) is 34.6 Å². The molecule has 1 saturated heterocycles. The Morgan fingerprint density at radius 2 is 1.73 bits per heavy atom. The number of thiazole rings is 1. The van der Waals surface area contributed by atoms with Crippen molar-refractivity contribution in [1.29, 1.82) is 0 Å². The number of thioether (sulfide) groups is 1. The number of rotatable bonds is 6. The van der Waals surface area contributed by atoms with Crippen molar-refractivity contribution in [2.24, 2.45) is 29.6 Å². The van der Waals surface area contributed by atoms with Crippen LogP contribution in [0, 0.1) is 35.4 Å². The van der Waals surface area contributed by atoms with Crippen molar-refractivity contribution in [3.8, 4) is 5.75 Å². The number of nitrogens with zero attached hydrogens (tertiary/aromatic N) is 1. The Balaban J connectivity index is 1.08. The van der Waals surface area contributed by atoms with Crippen LogP contribution in [0.15, 0.2) is 82.6 Å². The van der Waals surface area contributed by atoms with Gasteiger partial charge in [0, 0.05) is 26.8 Å². The van der Waals surface area contributed by atoms with Crippen LogP contribution in [0.4, 0.5) is 15.8 Å². The van der Waals surface area contributed by atoms with Crippen molar-refractivity contribution in [2.75, 3.05) is 16.8 Å². The van der Waals surface area contributed by atoms with Gasteiger partial charge in [-0.3, -0.25) is 24.1 Å². The Bertz CT molecular complexity index is 1910. The zero-order valence-corrected chi connectivity index (χ0v) is 25.8. The average molecular weight is 662 g/mol. The molecule has 2 aliphatic carbocycles. The number of ether oxygens (including phenoxy) is 1. The lowest BCUT2D eigenvalue weighted by molar-refractivity contribution is -0.123. The number of benzene rings is 3. The number of aromatic nitrogens is 1. The van der Waals surface area contributed by atoms with Gasteiger partial charge in [-0.1, -0.05) is 35.1 Å². The molecule has 0 unspecified atom stereocenters. The third kappa shape index (κ3) is 4.71. The van der Waals surface area contributed by atoms with E-state index in [1.807, 2.05) is 18.2 Å². The highest BCUT2D eigenvalue weighted by Gasteiger charge is 2.69. The SMILES string of the molecule is O=C(COc1cccc([C@@H]2c3sc(=O)[nH]c3S[C@@H]3[C@@H]4C[C@@H]([C@@H]5C(=O)N(c6ccc(F)cc6)C(=O)[C@@H]45)[C@H]23)c1)Nc1ccc(Cl)cc1. The fraction of sp³-hybridized carbons (Fsp3) is 0.273. The number of H-pyrrole nitrogens is 1. The molecule has 0 spiro atoms. The predicted molar refractivity (Wildman–Crippen MR) is 169 cm³/mol. The van der Waals surface area contributed by atoms with Gasteiger partial charge < -0.3 is 15.0 Å². The molecular weight excluding hydrogens is 637 g/mol. The van der Waals surface area contributed by atoms with E-state index in [2.05, 4.69) is 10.3 Å². The third-order valence-electron chi connectivity index (χ3n) is 9.52. The fourth-order valence-corrected chi connectivity index (χ4v) is 10.9. The molecule has 3 amide bonds. The first-order valence-electron chi connectivity index (χ1n) is 14.6. The summed E-state index contributed by atoms with van der Waals surface area (Å²) in [6.45, 7) is -0.203. The topological polar surface area (TPSA) is 109 Å². The van der Waals surface area contributed by atoms with Crippen LogP contribution >= 0.6 is 34.7 Å². The van der Waals surface area contributed by atoms with E-state index in [0.29, 0.717) is 22.1 Å². The van der Waals surface area contributed by atoms with Crippen LogP contribution in [0.1, 0.15) is 22.8 Å². The standard InChI is InChI=1S/C33H25ClFN3O5S2/c34-16-4-8-18(9-5-16)36-23(39)14-43-20-3-1-2-15(12-20)24-25-21-13-22(28(25)44-30-29(24)45-33(42)37-30)27-26(21)31(40)38(32(27)41)19-10-6-17(35)7-11-19/h1-12,21-22,24-28H,13-14H2,(H,36,39)(H,37,42)/t21-,22-,24+,25-,26+,27+,28-/m1/s1. The minimum Gasteiger partial charge on any atom is -0.484 e. The lowest BCUT2D eigenvalue weighted by Crippen LogP contribution is -2.42. The molecule has 12 heteroatoms. The van der Waals surface area contributed by atoms with Gasteiger partial charge in [0.25, 0.3) is 5.91 Å². The second-order valence-corrected chi connectivity index (χ2v) is 14.5. The van der Waals surface area contributed by atoms with E-state index < -0.39 is 17.7 Å². The van der Waals surface area contributed by atoms with Crippen molar-refractivity contribution in [3.05, 3.63) is 104 Å². The van der Waals surface area contributed by atoms with Crippen LogP contribution in [-0.2, 0) is 14.4 Å². The molecule has 8 nitrogen and oxygen atoms in total. The smallest absolute Gasteiger partial charge is 0.305 e. The lowest BCUT2D eigenvalue weighted by atomic mass is 9.68. The number of amides is 3. The van der Waals surface area contributed by atoms with Gasteiger partial charge in [0.2, 0.25) is 11.8 Å². The summed E-state index contributed by atoms with van der Waals surface area (Å²) in [6.07, 6.45) is 0.753. The summed E-state index contributed by atoms with van der Waals surface area (Å²) in [5.74, 6) is -1.90. The molecule has 3 fully saturated rings. The molecule has 7 atom stereocenters. The summed E-state index contributed by atoms with van der Waals surface area (Å²) in [5, 5.41) is 4.19. The van der Waals surface area contributed by atoms with Crippen LogP contribution in [0.3, 0.4) is 0 Å². The van der Waals surface area contributed by atoms with Crippen molar-refractivity contribution in [2.45, 2.75) is 22.6 Å². The Morgan fingerprint density at radius 1 is 1.00 bits per heavy atom. The predicted octanol–water partition coefficient (Wildman–Crippen LogP) is 5.92. The maximum absolute atomic E-state index is 13.9. The number of hydrogen-bond donors (Lipinski definition) is 2. The summed E-state index contributed by atoms with van der Waals surface area (Å²) in [7, 11) is 0. The summed E-state index contributed by atoms with van der Waals surface area (Å²) >= 11 is 8.72. The van der Waals surface area contributed by atoms with E-state index in [4.69, 9.17) is 16.3 Å². The Hall–Kier alpha value is -3.93. The highest BCUT2D eigenvalue weighted by Crippen LogP contribution is 2.68. The monoisotopic (exact) mass is 661 g/mol. The Labute approximate surface area is 269 Å². The van der Waals surface area contributed by atoms with Crippen LogP contribution < -0.4 is 19.8 Å². The molecular formula is C33H25ClFN3O5S2. The Morgan fingerprint density at radius 3 is 2.49 bits per heavy atom. The van der Waals surface area contributed by atoms with Crippen LogP contribution in [0.25, 0.3) is 0 Å². The number of fused-ring (bicyclic) bond motifs is 9. The van der Waals surface area contributed by atoms with Gasteiger partial charge in [-0.15, -0.1) is 11.8 Å². The first-order chi connectivity index (χ1) is 21.8. The number of carbonyl (C=O) groups is 3. The third-order valence-corrected chi connectivity index (χ3v) is 12.4. The second-order valence-electron chi connectivity index (χ2n) is 11.9. The number of imide groups is 1. The molecule has 4 aliphatic rings. The van der Waals surface area contributed by atoms with Crippen molar-refractivity contribution >= 4 is 63.8 Å². The zero-order chi connectivity index (χ0) is 31.0. The molecule has 4 aromatic rings. The molecule has 8 rings (SSSR count). The zero-order valence-electron chi connectivity index (χ0n) is 23.4. The molecule has 1 aromatic heterocycles. The average Bonchev–Trinajstić information content (AvgIpc) is 3.77. The summed E-state index contributed by atoms with van der Waals surface area (Å²) in [5.41, 5.74) is 1.92. The van der Waals surface area contributed by atoms with Crippen molar-refractivity contribution in [1.82, 2.24) is 4.98 Å². The van der Waals surface area contributed by atoms with E-state index in [1.165, 1.54) is 40.5 Å². The molecule has 0 radical (unpaired) electrons. The van der Waals surface area contributed by atoms with E-state index in [0.717, 1.165) is 21.9 Å². The molecule has 3 heterocycles. The summed E-state index contributed by atoms with van der Waals surface area (Å²) < 4.78 is 19.5. The van der Waals surface area contributed by atoms with Gasteiger partial charge in [0.1, 0.15) is 11.6 Å². The molecule has 2 bridgehead atoms. The van der Waals surface area contributed by atoms with Gasteiger partial charge in [0.15, 0.2) is 6.61 Å². The first kappa shape index (κ1) is 28.5. The number of hydrogen-bond acceptors (Lipinski definition) is 7. The van der Waals surface area contributed by atoms with Gasteiger partial charge in [-0.2, -0.15) is 0 Å². The van der Waals surface area contributed by atoms with Gasteiger partial charge in [-0.05, 0) is 90.4 Å². The molecule has 2 saturated carbocycles. The maximum Gasteiger partial charge on any atom is 0.305 e. The lowest BCUT2D eigenvalue weighted by Gasteiger charge is -2.43. The Kier molecular flexibility index (Phi) is 6.88. The quantitative estimate of drug-likeness (QED) is 0.248. The molecule has 2 N–H and O–H groups in total. The number of halogens is 2. The highest BCUT2D eigenvalue weighted by atomic mass is 35.5. The first-order valence-corrected chi connectivity index (χ1v) is 16.7. The number of aromatic amines is 1. The highest BCUT2D eigenvalue weighted by molar-refractivity contribution is 8.00. The van der Waals surface area contributed by atoms with E-state index in [1.54, 1.807) is 42.1 Å². The fourth-order valence-electron chi connectivity index (χ4n) is 7.91. The molecule has 2 aliphatic heterocycles. The normalized spacial score (nSPS) is 27.7. The van der Waals surface area contributed by atoms with Crippen LogP contribution in [0.5, 0.6) is 5.75 Å². The summed E-state index contributed by atoms with van der Waals surface area (Å²) in [6, 6.07) is 19.8. The van der Waals surface area contributed by atoms with E-state index in [-0.39, 0.29) is 58.1 Å². The minimum atomic E-state index is -0.467. The van der Waals surface area contributed by atoms with Gasteiger partial charge >= 0.3 is 4.87 Å². The van der Waals surface area contributed by atoms with E-state index in [9.17, 15) is 23.6 Å². The second kappa shape index (κ2) is 10.9. The van der Waals surface area contributed by atoms with Gasteiger partial charge in [-0.25, -0.2) is 4.39 Å². The molecule has 228 valence electrons. The number of nitrogens with one attached hydrogen (secondary N) is 2. The summed E-state index contributed by atoms with van der Waals surface area (Å²) in [4.78, 5) is 57.8. The molecule has 45 heavy (non-hydrogen) atoms. The minimum absolute atomic E-state index is 0.00794. The molecule has 3 aromatic carbocycles. The number of carbonyl (C=O) groups excluding carboxylic acids is 3. The van der Waals surface area contributed by atoms with Crippen molar-refractivity contribution < 1.29 is 23.5 Å². The van der Waals surface area contributed by atoms with E-state index >= 15 is 0 Å². The maximum atomic E-state index is 13.9. The van der Waals surface area contributed by atoms with Crippen molar-refractivity contribution in [3.63, 3.8) is 0 Å². The van der Waals surface area contributed by atoms with Crippen LogP contribution in [0.2, 0.25) is 5.02 Å². The number of anilines is 2. The largest absolute Gasteiger partial charge is 0.484 e. The van der Waals surface area contributed by atoms with Gasteiger partial charge in [0.05, 0.1) is 22.5 Å².